The molecule has 0 aromatic heterocycles. The van der Waals surface area contributed by atoms with Gasteiger partial charge >= 0.3 is 0 Å². The van der Waals surface area contributed by atoms with Gasteiger partial charge in [0.15, 0.2) is 0 Å². The van der Waals surface area contributed by atoms with Crippen LogP contribution in [0.5, 0.6) is 0 Å². The third-order valence-electron chi connectivity index (χ3n) is 2.18. The van der Waals surface area contributed by atoms with Crippen LogP contribution in [-0.4, -0.2) is 7.11 Å². The highest BCUT2D eigenvalue weighted by molar-refractivity contribution is 9.10. The van der Waals surface area contributed by atoms with E-state index >= 15 is 0 Å². The van der Waals surface area contributed by atoms with Crippen molar-refractivity contribution in [2.45, 2.75) is 20.3 Å². The van der Waals surface area contributed by atoms with Crippen molar-refractivity contribution in [2.75, 3.05) is 7.11 Å². The number of hydrogen-bond donors (Lipinski definition) is 0. The van der Waals surface area contributed by atoms with E-state index in [1.807, 2.05) is 19.9 Å². The van der Waals surface area contributed by atoms with Gasteiger partial charge in [-0.2, -0.15) is 0 Å². The van der Waals surface area contributed by atoms with Gasteiger partial charge < -0.3 is 4.74 Å². The molecule has 0 unspecified atom stereocenters. The first-order valence-electron chi connectivity index (χ1n) is 4.80. The lowest BCUT2D eigenvalue weighted by molar-refractivity contribution is 0.368. The average molecular weight is 273 g/mol. The first-order valence-corrected chi connectivity index (χ1v) is 5.59. The van der Waals surface area contributed by atoms with Crippen LogP contribution >= 0.6 is 15.9 Å². The lowest BCUT2D eigenvalue weighted by atomic mass is 10.1. The molecule has 1 aromatic carbocycles. The monoisotopic (exact) mass is 272 g/mol. The number of halogens is 2. The van der Waals surface area contributed by atoms with E-state index in [2.05, 4.69) is 15.9 Å². The highest BCUT2D eigenvalue weighted by atomic mass is 79.9. The summed E-state index contributed by atoms with van der Waals surface area (Å²) in [5, 5.41) is 0. The SMILES string of the molecule is CC/C=C(/OC)c1cc(F)cc(Br)c1C. The Morgan fingerprint density at radius 1 is 1.53 bits per heavy atom. The van der Waals surface area contributed by atoms with Gasteiger partial charge in [0.1, 0.15) is 11.6 Å². The van der Waals surface area contributed by atoms with Crippen LogP contribution in [0.15, 0.2) is 22.7 Å². The molecule has 0 heterocycles. The molecule has 1 rings (SSSR count). The molecule has 1 nitrogen and oxygen atoms in total. The largest absolute Gasteiger partial charge is 0.496 e. The predicted octanol–water partition coefficient (Wildman–Crippen LogP) is 4.29. The van der Waals surface area contributed by atoms with Crippen LogP contribution in [-0.2, 0) is 4.74 Å². The Balaban J connectivity index is 3.29. The number of allylic oxidation sites excluding steroid dienone is 1. The molecule has 0 N–H and O–H groups in total. The fourth-order valence-corrected chi connectivity index (χ4v) is 1.82. The van der Waals surface area contributed by atoms with Crippen molar-refractivity contribution in [3.05, 3.63) is 39.6 Å². The minimum absolute atomic E-state index is 0.262. The van der Waals surface area contributed by atoms with Gasteiger partial charge in [-0.25, -0.2) is 4.39 Å². The standard InChI is InChI=1S/C12H14BrFO/c1-4-5-12(15-3)10-6-9(14)7-11(13)8(10)2/h5-7H,4H2,1-3H3/b12-5+. The highest BCUT2D eigenvalue weighted by Gasteiger charge is 2.09. The van der Waals surface area contributed by atoms with E-state index in [0.717, 1.165) is 27.8 Å². The summed E-state index contributed by atoms with van der Waals surface area (Å²) in [5.74, 6) is 0.455. The van der Waals surface area contributed by atoms with Gasteiger partial charge in [0.2, 0.25) is 0 Å². The van der Waals surface area contributed by atoms with E-state index in [1.165, 1.54) is 12.1 Å². The smallest absolute Gasteiger partial charge is 0.125 e. The van der Waals surface area contributed by atoms with E-state index in [1.54, 1.807) is 7.11 Å². The van der Waals surface area contributed by atoms with Crippen molar-refractivity contribution >= 4 is 21.7 Å². The van der Waals surface area contributed by atoms with Gasteiger partial charge in [0, 0.05) is 10.0 Å². The second-order valence-electron chi connectivity index (χ2n) is 3.24. The maximum atomic E-state index is 13.2. The number of benzene rings is 1. The Hall–Kier alpha value is -0.830. The predicted molar refractivity (Wildman–Crippen MR) is 64.1 cm³/mol. The summed E-state index contributed by atoms with van der Waals surface area (Å²) in [6, 6.07) is 2.95. The molecule has 3 heteroatoms. The summed E-state index contributed by atoms with van der Waals surface area (Å²) >= 11 is 3.32. The van der Waals surface area contributed by atoms with Crippen LogP contribution in [0.1, 0.15) is 24.5 Å². The van der Waals surface area contributed by atoms with Crippen LogP contribution < -0.4 is 0 Å². The van der Waals surface area contributed by atoms with Gasteiger partial charge in [-0.1, -0.05) is 22.9 Å². The first kappa shape index (κ1) is 12.2. The maximum Gasteiger partial charge on any atom is 0.125 e. The Labute approximate surface area is 98.1 Å². The second-order valence-corrected chi connectivity index (χ2v) is 4.10. The summed E-state index contributed by atoms with van der Waals surface area (Å²) in [6.07, 6.45) is 2.80. The minimum atomic E-state index is -0.262. The molecule has 15 heavy (non-hydrogen) atoms. The van der Waals surface area contributed by atoms with Gasteiger partial charge in [-0.05, 0) is 37.1 Å². The first-order chi connectivity index (χ1) is 7.10. The summed E-state index contributed by atoms with van der Waals surface area (Å²) in [4.78, 5) is 0. The van der Waals surface area contributed by atoms with Crippen LogP contribution in [0.25, 0.3) is 5.76 Å². The molecular formula is C12H14BrFO. The highest BCUT2D eigenvalue weighted by Crippen LogP contribution is 2.27. The third kappa shape index (κ3) is 2.81. The molecule has 0 saturated heterocycles. The molecular weight excluding hydrogens is 259 g/mol. The molecule has 0 aliphatic carbocycles. The summed E-state index contributed by atoms with van der Waals surface area (Å²) in [7, 11) is 1.60. The van der Waals surface area contributed by atoms with Gasteiger partial charge in [0.25, 0.3) is 0 Å². The number of hydrogen-bond acceptors (Lipinski definition) is 1. The Kier molecular flexibility index (Phi) is 4.33. The molecule has 82 valence electrons. The van der Waals surface area contributed by atoms with Crippen LogP contribution in [0.2, 0.25) is 0 Å². The number of methoxy groups -OCH3 is 1. The van der Waals surface area contributed by atoms with Gasteiger partial charge in [-0.15, -0.1) is 0 Å². The van der Waals surface area contributed by atoms with Crippen LogP contribution in [0.4, 0.5) is 4.39 Å². The van der Waals surface area contributed by atoms with Gasteiger partial charge in [-0.3, -0.25) is 0 Å². The Bertz CT molecular complexity index is 385. The van der Waals surface area contributed by atoms with Gasteiger partial charge in [0.05, 0.1) is 7.11 Å². The van der Waals surface area contributed by atoms with Crippen molar-refractivity contribution in [3.63, 3.8) is 0 Å². The van der Waals surface area contributed by atoms with E-state index < -0.39 is 0 Å². The molecule has 0 atom stereocenters. The Morgan fingerprint density at radius 3 is 2.73 bits per heavy atom. The third-order valence-corrected chi connectivity index (χ3v) is 3.01. The summed E-state index contributed by atoms with van der Waals surface area (Å²) in [5.41, 5.74) is 1.78. The molecule has 0 aliphatic heterocycles. The molecule has 0 saturated carbocycles. The Morgan fingerprint density at radius 2 is 2.20 bits per heavy atom. The van der Waals surface area contributed by atoms with E-state index in [9.17, 15) is 4.39 Å². The normalized spacial score (nSPS) is 11.7. The number of ether oxygens (including phenoxy) is 1. The summed E-state index contributed by atoms with van der Waals surface area (Å²) in [6.45, 7) is 3.95. The molecule has 0 radical (unpaired) electrons. The molecule has 0 bridgehead atoms. The van der Waals surface area contributed by atoms with Crippen molar-refractivity contribution in [3.8, 4) is 0 Å². The summed E-state index contributed by atoms with van der Waals surface area (Å²) < 4.78 is 19.2. The lowest BCUT2D eigenvalue weighted by Gasteiger charge is -2.11. The second kappa shape index (κ2) is 5.31. The van der Waals surface area contributed by atoms with Crippen LogP contribution in [0.3, 0.4) is 0 Å². The van der Waals surface area contributed by atoms with Crippen molar-refractivity contribution in [1.29, 1.82) is 0 Å². The molecule has 1 aromatic rings. The van der Waals surface area contributed by atoms with Crippen LogP contribution in [0, 0.1) is 12.7 Å². The quantitative estimate of drug-likeness (QED) is 0.746. The van der Waals surface area contributed by atoms with Crippen molar-refractivity contribution < 1.29 is 9.13 Å². The van der Waals surface area contributed by atoms with Crippen molar-refractivity contribution in [1.82, 2.24) is 0 Å². The minimum Gasteiger partial charge on any atom is -0.496 e. The zero-order valence-corrected chi connectivity index (χ0v) is 10.7. The van der Waals surface area contributed by atoms with E-state index in [4.69, 9.17) is 4.74 Å². The van der Waals surface area contributed by atoms with E-state index in [-0.39, 0.29) is 5.82 Å². The lowest BCUT2D eigenvalue weighted by Crippen LogP contribution is -1.94. The zero-order chi connectivity index (χ0) is 11.4. The van der Waals surface area contributed by atoms with Crippen molar-refractivity contribution in [2.24, 2.45) is 0 Å². The fourth-order valence-electron chi connectivity index (χ4n) is 1.39. The van der Waals surface area contributed by atoms with E-state index in [0.29, 0.717) is 0 Å². The topological polar surface area (TPSA) is 9.23 Å². The zero-order valence-electron chi connectivity index (χ0n) is 9.10. The molecule has 0 amide bonds. The number of rotatable bonds is 3. The maximum absolute atomic E-state index is 13.2. The molecule has 0 aliphatic rings. The molecule has 0 fully saturated rings. The average Bonchev–Trinajstić information content (AvgIpc) is 2.20. The molecule has 0 spiro atoms. The fraction of sp³-hybridized carbons (Fsp3) is 0.333.